The Labute approximate surface area is 156 Å². The van der Waals surface area contributed by atoms with Crippen LogP contribution in [-0.4, -0.2) is 12.1 Å². The summed E-state index contributed by atoms with van der Waals surface area (Å²) < 4.78 is 5.47. The molecule has 132 valence electrons. The maximum atomic E-state index is 5.88. The van der Waals surface area contributed by atoms with Gasteiger partial charge in [-0.1, -0.05) is 36.4 Å². The van der Waals surface area contributed by atoms with E-state index in [1.165, 1.54) is 16.3 Å². The molecule has 4 N–H and O–H groups in total. The molecule has 0 amide bonds. The van der Waals surface area contributed by atoms with E-state index >= 15 is 0 Å². The molecule has 0 radical (unpaired) electrons. The van der Waals surface area contributed by atoms with Crippen LogP contribution in [0, 0.1) is 0 Å². The molecule has 27 heavy (non-hydrogen) atoms. The Balaban J connectivity index is 1.71. The molecule has 0 spiro atoms. The van der Waals surface area contributed by atoms with Gasteiger partial charge < -0.3 is 20.8 Å². The summed E-state index contributed by atoms with van der Waals surface area (Å²) in [6.07, 6.45) is 0. The molecular weight excluding hydrogens is 334 g/mol. The van der Waals surface area contributed by atoms with E-state index in [9.17, 15) is 0 Å². The lowest BCUT2D eigenvalue weighted by Gasteiger charge is -2.15. The topological polar surface area (TPSA) is 63.1 Å². The molecule has 1 aliphatic carbocycles. The minimum absolute atomic E-state index is 0.673. The summed E-state index contributed by atoms with van der Waals surface area (Å²) in [6.45, 7) is 0. The van der Waals surface area contributed by atoms with Gasteiger partial charge in [0.2, 0.25) is 0 Å². The van der Waals surface area contributed by atoms with Crippen molar-refractivity contribution >= 4 is 38.7 Å². The molecule has 0 aromatic heterocycles. The number of nitrogens with two attached hydrogens (primary N) is 1. The minimum atomic E-state index is 0.673. The zero-order chi connectivity index (χ0) is 18.4. The molecule has 0 atom stereocenters. The van der Waals surface area contributed by atoms with Gasteiger partial charge in [-0.25, -0.2) is 0 Å². The second-order valence-electron chi connectivity index (χ2n) is 6.69. The van der Waals surface area contributed by atoms with Crippen LogP contribution < -0.4 is 15.8 Å². The van der Waals surface area contributed by atoms with Gasteiger partial charge >= 0.3 is 0 Å². The first kappa shape index (κ1) is 15.6. The van der Waals surface area contributed by atoms with Crippen molar-refractivity contribution in [3.05, 3.63) is 72.8 Å². The lowest BCUT2D eigenvalue weighted by molar-refractivity contribution is 0.417. The molecule has 5 rings (SSSR count). The summed E-state index contributed by atoms with van der Waals surface area (Å²) in [6, 6.07) is 24.7. The number of pyridine rings is 1. The quantitative estimate of drug-likeness (QED) is 0.361. The predicted molar refractivity (Wildman–Crippen MR) is 113 cm³/mol. The van der Waals surface area contributed by atoms with Crippen LogP contribution in [0.15, 0.2) is 72.8 Å². The highest BCUT2D eigenvalue weighted by molar-refractivity contribution is 6.05. The van der Waals surface area contributed by atoms with Crippen molar-refractivity contribution in [2.24, 2.45) is 0 Å². The van der Waals surface area contributed by atoms with Crippen LogP contribution in [0.4, 0.5) is 17.1 Å². The lowest BCUT2D eigenvalue weighted by atomic mass is 10.1. The highest BCUT2D eigenvalue weighted by Crippen LogP contribution is 2.38. The number of anilines is 3. The number of H-pyrrole nitrogens is 1. The zero-order valence-electron chi connectivity index (χ0n) is 14.9. The Morgan fingerprint density at radius 1 is 0.852 bits per heavy atom. The van der Waals surface area contributed by atoms with E-state index in [-0.39, 0.29) is 0 Å². The molecule has 0 saturated heterocycles. The fourth-order valence-corrected chi connectivity index (χ4v) is 3.68. The second-order valence-corrected chi connectivity index (χ2v) is 6.69. The third-order valence-corrected chi connectivity index (χ3v) is 4.98. The first-order valence-electron chi connectivity index (χ1n) is 8.87. The number of para-hydroxylation sites is 1. The van der Waals surface area contributed by atoms with Crippen LogP contribution in [0.2, 0.25) is 0 Å². The van der Waals surface area contributed by atoms with Crippen molar-refractivity contribution in [2.45, 2.75) is 0 Å². The predicted octanol–water partition coefficient (Wildman–Crippen LogP) is 5.76. The number of nitrogens with one attached hydrogen (secondary N) is 2. The van der Waals surface area contributed by atoms with Crippen LogP contribution >= 0.6 is 0 Å². The van der Waals surface area contributed by atoms with E-state index in [1.54, 1.807) is 7.11 Å². The van der Waals surface area contributed by atoms with E-state index in [1.807, 2.05) is 18.2 Å². The lowest BCUT2D eigenvalue weighted by Crippen LogP contribution is -1.98. The van der Waals surface area contributed by atoms with Gasteiger partial charge in [0.1, 0.15) is 5.75 Å². The molecule has 3 aromatic carbocycles. The SMILES string of the molecule is COc1cc(N)ccc1Nc1cccc2cc3cc4ccccc4c-3[nH]c12. The Morgan fingerprint density at radius 3 is 2.56 bits per heavy atom. The normalized spacial score (nSPS) is 11.3. The number of hydrogen-bond acceptors (Lipinski definition) is 3. The van der Waals surface area contributed by atoms with E-state index in [0.29, 0.717) is 11.4 Å². The maximum absolute atomic E-state index is 5.88. The van der Waals surface area contributed by atoms with Crippen LogP contribution in [0.5, 0.6) is 5.75 Å². The third kappa shape index (κ3) is 2.54. The fourth-order valence-electron chi connectivity index (χ4n) is 3.68. The van der Waals surface area contributed by atoms with Crippen molar-refractivity contribution in [2.75, 3.05) is 18.2 Å². The monoisotopic (exact) mass is 353 g/mol. The Hall–Kier alpha value is -3.66. The number of aromatic nitrogens is 1. The summed E-state index contributed by atoms with van der Waals surface area (Å²) in [4.78, 5) is 3.64. The number of fused-ring (bicyclic) bond motifs is 4. The van der Waals surface area contributed by atoms with Crippen LogP contribution in [0.3, 0.4) is 0 Å². The first-order chi connectivity index (χ1) is 13.2. The van der Waals surface area contributed by atoms with Crippen LogP contribution in [0.1, 0.15) is 0 Å². The number of nitrogen functional groups attached to an aromatic ring is 1. The standard InChI is InChI=1S/C23H19N3O/c1-27-21-13-17(24)9-10-19(21)25-20-8-4-6-15-12-16-11-14-5-2-3-7-18(14)22(16)26-23(15)20/h2-13,25-26H,24H2,1H3. The Morgan fingerprint density at radius 2 is 1.67 bits per heavy atom. The molecule has 0 bridgehead atoms. The zero-order valence-corrected chi connectivity index (χ0v) is 14.9. The van der Waals surface area contributed by atoms with E-state index in [0.717, 1.165) is 28.0 Å². The van der Waals surface area contributed by atoms with E-state index < -0.39 is 0 Å². The third-order valence-electron chi connectivity index (χ3n) is 4.98. The molecule has 3 aromatic rings. The fraction of sp³-hybridized carbons (Fsp3) is 0.0435. The summed E-state index contributed by atoms with van der Waals surface area (Å²) >= 11 is 0. The average Bonchev–Trinajstić information content (AvgIpc) is 3.05. The van der Waals surface area contributed by atoms with Gasteiger partial charge in [-0.05, 0) is 41.3 Å². The summed E-state index contributed by atoms with van der Waals surface area (Å²) in [5.41, 5.74) is 11.8. The largest absolute Gasteiger partial charge is 0.494 e. The molecule has 4 heteroatoms. The number of aromatic amines is 1. The summed E-state index contributed by atoms with van der Waals surface area (Å²) in [5, 5.41) is 7.11. The van der Waals surface area contributed by atoms with E-state index in [2.05, 4.69) is 64.9 Å². The molecule has 0 fully saturated rings. The van der Waals surface area contributed by atoms with Gasteiger partial charge in [-0.3, -0.25) is 0 Å². The van der Waals surface area contributed by atoms with Crippen molar-refractivity contribution in [3.8, 4) is 17.0 Å². The molecule has 1 aliphatic heterocycles. The molecule has 0 unspecified atom stereocenters. The van der Waals surface area contributed by atoms with Gasteiger partial charge in [0, 0.05) is 22.5 Å². The smallest absolute Gasteiger partial charge is 0.144 e. The van der Waals surface area contributed by atoms with Gasteiger partial charge in [-0.2, -0.15) is 0 Å². The number of ether oxygens (including phenoxy) is 1. The molecular formula is C23H19N3O. The van der Waals surface area contributed by atoms with Crippen molar-refractivity contribution in [1.82, 2.24) is 4.98 Å². The number of rotatable bonds is 3. The second kappa shape index (κ2) is 5.95. The van der Waals surface area contributed by atoms with Gasteiger partial charge in [0.15, 0.2) is 0 Å². The Bertz CT molecular complexity index is 1260. The number of hydrogen-bond donors (Lipinski definition) is 3. The number of methoxy groups -OCH3 is 1. The van der Waals surface area contributed by atoms with Crippen LogP contribution in [-0.2, 0) is 0 Å². The molecule has 4 nitrogen and oxygen atoms in total. The van der Waals surface area contributed by atoms with Crippen LogP contribution in [0.25, 0.3) is 32.9 Å². The number of benzene rings is 3. The average molecular weight is 353 g/mol. The maximum Gasteiger partial charge on any atom is 0.144 e. The van der Waals surface area contributed by atoms with Gasteiger partial charge in [0.05, 0.1) is 29.7 Å². The van der Waals surface area contributed by atoms with Crippen molar-refractivity contribution in [3.63, 3.8) is 0 Å². The van der Waals surface area contributed by atoms with Gasteiger partial charge in [0.25, 0.3) is 0 Å². The highest BCUT2D eigenvalue weighted by atomic mass is 16.5. The first-order valence-corrected chi connectivity index (χ1v) is 8.87. The summed E-state index contributed by atoms with van der Waals surface area (Å²) in [5.74, 6) is 0.715. The van der Waals surface area contributed by atoms with Crippen molar-refractivity contribution in [1.29, 1.82) is 0 Å². The van der Waals surface area contributed by atoms with Gasteiger partial charge in [-0.15, -0.1) is 0 Å². The molecule has 1 heterocycles. The minimum Gasteiger partial charge on any atom is -0.494 e. The molecule has 0 saturated carbocycles. The van der Waals surface area contributed by atoms with Crippen molar-refractivity contribution < 1.29 is 4.74 Å². The highest BCUT2D eigenvalue weighted by Gasteiger charge is 2.13. The summed E-state index contributed by atoms with van der Waals surface area (Å²) in [7, 11) is 1.65. The Kier molecular flexibility index (Phi) is 3.44. The molecule has 2 aliphatic rings. The van der Waals surface area contributed by atoms with E-state index in [4.69, 9.17) is 10.5 Å².